The van der Waals surface area contributed by atoms with Crippen molar-refractivity contribution in [3.8, 4) is 5.75 Å². The van der Waals surface area contributed by atoms with E-state index in [1.165, 1.54) is 5.56 Å². The Morgan fingerprint density at radius 3 is 2.83 bits per heavy atom. The molecule has 0 bridgehead atoms. The summed E-state index contributed by atoms with van der Waals surface area (Å²) in [6, 6.07) is 6.54. The molecule has 18 heavy (non-hydrogen) atoms. The van der Waals surface area contributed by atoms with Gasteiger partial charge in [-0.25, -0.2) is 0 Å². The molecule has 1 aliphatic rings. The molecule has 0 saturated heterocycles. The summed E-state index contributed by atoms with van der Waals surface area (Å²) >= 11 is 3.54. The van der Waals surface area contributed by atoms with Crippen LogP contribution in [0.2, 0.25) is 0 Å². The number of nitrogens with one attached hydrogen (secondary N) is 1. The lowest BCUT2D eigenvalue weighted by Gasteiger charge is -2.43. The fourth-order valence-electron chi connectivity index (χ4n) is 2.26. The van der Waals surface area contributed by atoms with E-state index in [0.717, 1.165) is 23.2 Å². The van der Waals surface area contributed by atoms with Gasteiger partial charge in [-0.1, -0.05) is 6.07 Å². The summed E-state index contributed by atoms with van der Waals surface area (Å²) in [5.74, 6) is 0.893. The zero-order chi connectivity index (χ0) is 13.1. The fraction of sp³-hybridized carbons (Fsp3) is 0.571. The zero-order valence-corrected chi connectivity index (χ0v) is 12.7. The van der Waals surface area contributed by atoms with Gasteiger partial charge in [-0.2, -0.15) is 0 Å². The Morgan fingerprint density at radius 2 is 2.22 bits per heavy atom. The van der Waals surface area contributed by atoms with E-state index in [2.05, 4.69) is 40.3 Å². The van der Waals surface area contributed by atoms with Crippen LogP contribution < -0.4 is 10.1 Å². The molecule has 3 nitrogen and oxygen atoms in total. The van der Waals surface area contributed by atoms with Gasteiger partial charge in [0.25, 0.3) is 0 Å². The molecule has 1 aromatic carbocycles. The van der Waals surface area contributed by atoms with Crippen LogP contribution in [0.25, 0.3) is 0 Å². The maximum absolute atomic E-state index is 6.02. The summed E-state index contributed by atoms with van der Waals surface area (Å²) in [6.07, 6.45) is 1.27. The molecule has 0 aliphatic heterocycles. The Balaban J connectivity index is 2.01. The van der Waals surface area contributed by atoms with Crippen molar-refractivity contribution in [1.29, 1.82) is 0 Å². The molecule has 0 amide bonds. The minimum absolute atomic E-state index is 0.140. The van der Waals surface area contributed by atoms with Gasteiger partial charge in [-0.05, 0) is 54.5 Å². The highest BCUT2D eigenvalue weighted by atomic mass is 79.9. The second-order valence-corrected chi connectivity index (χ2v) is 5.50. The number of hydrogen-bond donors (Lipinski definition) is 1. The summed E-state index contributed by atoms with van der Waals surface area (Å²) in [5.41, 5.74) is 1.22. The monoisotopic (exact) mass is 313 g/mol. The van der Waals surface area contributed by atoms with Crippen molar-refractivity contribution in [3.05, 3.63) is 28.2 Å². The fourth-order valence-corrected chi connectivity index (χ4v) is 2.85. The highest BCUT2D eigenvalue weighted by Crippen LogP contribution is 2.33. The molecule has 4 heteroatoms. The molecule has 0 heterocycles. The number of rotatable bonds is 5. The number of benzene rings is 1. The van der Waals surface area contributed by atoms with Gasteiger partial charge in [0.2, 0.25) is 0 Å². The van der Waals surface area contributed by atoms with Crippen LogP contribution in [0.3, 0.4) is 0 Å². The topological polar surface area (TPSA) is 30.5 Å². The minimum atomic E-state index is 0.140. The standard InChI is InChI=1S/C14H20BrNO2/c1-4-17-14-11(16-3)8-13(14)18-12-6-5-9(2)7-10(12)15/h5-7,11,13-14,16H,4,8H2,1-3H3. The van der Waals surface area contributed by atoms with E-state index in [-0.39, 0.29) is 12.2 Å². The third-order valence-corrected chi connectivity index (χ3v) is 3.96. The average molecular weight is 314 g/mol. The summed E-state index contributed by atoms with van der Waals surface area (Å²) in [5, 5.41) is 3.26. The quantitative estimate of drug-likeness (QED) is 0.906. The Morgan fingerprint density at radius 1 is 1.44 bits per heavy atom. The number of ether oxygens (including phenoxy) is 2. The van der Waals surface area contributed by atoms with E-state index < -0.39 is 0 Å². The SMILES string of the molecule is CCOC1C(NC)CC1Oc1ccc(C)cc1Br. The first-order valence-corrected chi connectivity index (χ1v) is 7.16. The highest BCUT2D eigenvalue weighted by Gasteiger charge is 2.43. The van der Waals surface area contributed by atoms with Gasteiger partial charge in [-0.15, -0.1) is 0 Å². The summed E-state index contributed by atoms with van der Waals surface area (Å²) < 4.78 is 12.8. The smallest absolute Gasteiger partial charge is 0.134 e. The van der Waals surface area contributed by atoms with Crippen molar-refractivity contribution >= 4 is 15.9 Å². The molecule has 0 spiro atoms. The number of aryl methyl sites for hydroxylation is 1. The highest BCUT2D eigenvalue weighted by molar-refractivity contribution is 9.10. The Kier molecular flexibility index (Phi) is 4.65. The summed E-state index contributed by atoms with van der Waals surface area (Å²) in [4.78, 5) is 0. The molecular formula is C14H20BrNO2. The molecule has 100 valence electrons. The second-order valence-electron chi connectivity index (χ2n) is 4.64. The molecule has 2 rings (SSSR count). The molecular weight excluding hydrogens is 294 g/mol. The summed E-state index contributed by atoms with van der Waals surface area (Å²) in [6.45, 7) is 4.81. The summed E-state index contributed by atoms with van der Waals surface area (Å²) in [7, 11) is 1.97. The maximum atomic E-state index is 6.02. The van der Waals surface area contributed by atoms with Gasteiger partial charge in [0.05, 0.1) is 4.47 Å². The lowest BCUT2D eigenvalue weighted by molar-refractivity contribution is -0.103. The van der Waals surface area contributed by atoms with Gasteiger partial charge >= 0.3 is 0 Å². The van der Waals surface area contributed by atoms with Crippen LogP contribution in [-0.4, -0.2) is 31.9 Å². The average Bonchev–Trinajstić information content (AvgIpc) is 2.33. The number of halogens is 1. The maximum Gasteiger partial charge on any atom is 0.134 e. The predicted octanol–water partition coefficient (Wildman–Crippen LogP) is 2.90. The van der Waals surface area contributed by atoms with Crippen LogP contribution in [-0.2, 0) is 4.74 Å². The Labute approximate surface area is 117 Å². The van der Waals surface area contributed by atoms with E-state index >= 15 is 0 Å². The van der Waals surface area contributed by atoms with Crippen LogP contribution in [0, 0.1) is 6.92 Å². The van der Waals surface area contributed by atoms with Crippen LogP contribution in [0.1, 0.15) is 18.9 Å². The van der Waals surface area contributed by atoms with Crippen LogP contribution in [0.4, 0.5) is 0 Å². The zero-order valence-electron chi connectivity index (χ0n) is 11.1. The van der Waals surface area contributed by atoms with E-state index in [1.54, 1.807) is 0 Å². The van der Waals surface area contributed by atoms with Crippen LogP contribution >= 0.6 is 15.9 Å². The van der Waals surface area contributed by atoms with Gasteiger partial charge in [0.1, 0.15) is 18.0 Å². The first kappa shape index (κ1) is 13.8. The Hall–Kier alpha value is -0.580. The van der Waals surface area contributed by atoms with Crippen molar-refractivity contribution in [2.45, 2.75) is 38.5 Å². The van der Waals surface area contributed by atoms with Gasteiger partial charge in [-0.3, -0.25) is 0 Å². The molecule has 3 atom stereocenters. The molecule has 1 saturated carbocycles. The third kappa shape index (κ3) is 2.87. The minimum Gasteiger partial charge on any atom is -0.486 e. The van der Waals surface area contributed by atoms with E-state index in [4.69, 9.17) is 9.47 Å². The largest absolute Gasteiger partial charge is 0.486 e. The van der Waals surface area contributed by atoms with Crippen LogP contribution in [0.5, 0.6) is 5.75 Å². The molecule has 1 aliphatic carbocycles. The van der Waals surface area contributed by atoms with Gasteiger partial charge in [0.15, 0.2) is 0 Å². The van der Waals surface area contributed by atoms with E-state index in [1.807, 2.05) is 20.0 Å². The predicted molar refractivity (Wildman–Crippen MR) is 76.2 cm³/mol. The molecule has 1 N–H and O–H groups in total. The van der Waals surface area contributed by atoms with Crippen molar-refractivity contribution in [3.63, 3.8) is 0 Å². The first-order chi connectivity index (χ1) is 8.65. The van der Waals surface area contributed by atoms with Crippen molar-refractivity contribution in [2.75, 3.05) is 13.7 Å². The number of likely N-dealkylation sites (N-methyl/N-ethyl adjacent to an activating group) is 1. The first-order valence-electron chi connectivity index (χ1n) is 6.37. The molecule has 1 aromatic rings. The van der Waals surface area contributed by atoms with Crippen molar-refractivity contribution < 1.29 is 9.47 Å². The lowest BCUT2D eigenvalue weighted by atomic mass is 9.85. The van der Waals surface area contributed by atoms with Gasteiger partial charge in [0, 0.05) is 19.1 Å². The molecule has 3 unspecified atom stereocenters. The normalized spacial score (nSPS) is 26.8. The number of hydrogen-bond acceptors (Lipinski definition) is 3. The van der Waals surface area contributed by atoms with Gasteiger partial charge < -0.3 is 14.8 Å². The molecule has 0 radical (unpaired) electrons. The second kappa shape index (κ2) is 6.04. The Bertz CT molecular complexity index is 411. The van der Waals surface area contributed by atoms with Crippen LogP contribution in [0.15, 0.2) is 22.7 Å². The lowest BCUT2D eigenvalue weighted by Crippen LogP contribution is -2.60. The molecule has 0 aromatic heterocycles. The van der Waals surface area contributed by atoms with E-state index in [9.17, 15) is 0 Å². The van der Waals surface area contributed by atoms with Crippen molar-refractivity contribution in [2.24, 2.45) is 0 Å². The molecule has 1 fully saturated rings. The van der Waals surface area contributed by atoms with Crippen molar-refractivity contribution in [1.82, 2.24) is 5.32 Å². The third-order valence-electron chi connectivity index (χ3n) is 3.34. The van der Waals surface area contributed by atoms with E-state index in [0.29, 0.717) is 6.04 Å².